The first-order valence-corrected chi connectivity index (χ1v) is 6.72. The van der Waals surface area contributed by atoms with Crippen LogP contribution < -0.4 is 11.1 Å². The van der Waals surface area contributed by atoms with Crippen LogP contribution in [-0.4, -0.2) is 41.0 Å². The molecule has 0 radical (unpaired) electrons. The molecule has 0 aliphatic heterocycles. The van der Waals surface area contributed by atoms with Gasteiger partial charge < -0.3 is 16.0 Å². The summed E-state index contributed by atoms with van der Waals surface area (Å²) in [6.45, 7) is 10.2. The second-order valence-electron chi connectivity index (χ2n) is 4.15. The van der Waals surface area contributed by atoms with Crippen molar-refractivity contribution in [1.29, 1.82) is 0 Å². The van der Waals surface area contributed by atoms with Crippen molar-refractivity contribution in [2.45, 2.75) is 27.2 Å². The SMILES string of the molecule is CCN(CC)CCCNc1nc(Cl)nc(C)c1N. The Morgan fingerprint density at radius 3 is 2.56 bits per heavy atom. The molecule has 102 valence electrons. The van der Waals surface area contributed by atoms with Crippen molar-refractivity contribution in [3.63, 3.8) is 0 Å². The van der Waals surface area contributed by atoms with Crippen molar-refractivity contribution in [3.05, 3.63) is 11.0 Å². The number of hydrogen-bond acceptors (Lipinski definition) is 5. The summed E-state index contributed by atoms with van der Waals surface area (Å²) >= 11 is 5.80. The Balaban J connectivity index is 2.44. The van der Waals surface area contributed by atoms with Crippen LogP contribution >= 0.6 is 11.6 Å². The van der Waals surface area contributed by atoms with Crippen molar-refractivity contribution in [2.24, 2.45) is 0 Å². The van der Waals surface area contributed by atoms with Crippen LogP contribution in [0.25, 0.3) is 0 Å². The molecule has 0 atom stereocenters. The summed E-state index contributed by atoms with van der Waals surface area (Å²) in [4.78, 5) is 10.5. The van der Waals surface area contributed by atoms with E-state index in [-0.39, 0.29) is 5.28 Å². The van der Waals surface area contributed by atoms with Gasteiger partial charge in [0.25, 0.3) is 0 Å². The molecule has 5 nitrogen and oxygen atoms in total. The van der Waals surface area contributed by atoms with Gasteiger partial charge in [0.05, 0.1) is 11.4 Å². The van der Waals surface area contributed by atoms with Gasteiger partial charge in [-0.25, -0.2) is 4.98 Å². The van der Waals surface area contributed by atoms with Crippen LogP contribution in [0.15, 0.2) is 0 Å². The van der Waals surface area contributed by atoms with Gasteiger partial charge in [-0.2, -0.15) is 4.98 Å². The Hall–Kier alpha value is -1.07. The maximum absolute atomic E-state index is 5.89. The maximum Gasteiger partial charge on any atom is 0.224 e. The van der Waals surface area contributed by atoms with Gasteiger partial charge in [0, 0.05) is 6.54 Å². The lowest BCUT2D eigenvalue weighted by Crippen LogP contribution is -2.25. The van der Waals surface area contributed by atoms with Crippen molar-refractivity contribution < 1.29 is 0 Å². The van der Waals surface area contributed by atoms with Gasteiger partial charge in [-0.1, -0.05) is 13.8 Å². The molecule has 0 fully saturated rings. The minimum atomic E-state index is 0.230. The number of anilines is 2. The monoisotopic (exact) mass is 271 g/mol. The van der Waals surface area contributed by atoms with Crippen LogP contribution in [-0.2, 0) is 0 Å². The first-order valence-electron chi connectivity index (χ1n) is 6.34. The number of aryl methyl sites for hydroxylation is 1. The van der Waals surface area contributed by atoms with Crippen LogP contribution in [0.5, 0.6) is 0 Å². The van der Waals surface area contributed by atoms with Crippen LogP contribution in [0.1, 0.15) is 26.0 Å². The average molecular weight is 272 g/mol. The molecule has 0 unspecified atom stereocenters. The Morgan fingerprint density at radius 2 is 1.94 bits per heavy atom. The third-order valence-electron chi connectivity index (χ3n) is 2.95. The molecule has 3 N–H and O–H groups in total. The van der Waals surface area contributed by atoms with Gasteiger partial charge in [-0.05, 0) is 44.6 Å². The van der Waals surface area contributed by atoms with Crippen molar-refractivity contribution >= 4 is 23.1 Å². The van der Waals surface area contributed by atoms with Gasteiger partial charge in [-0.3, -0.25) is 0 Å². The Bertz CT molecular complexity index is 379. The molecular formula is C12H22ClN5. The average Bonchev–Trinajstić information content (AvgIpc) is 2.35. The van der Waals surface area contributed by atoms with Crippen molar-refractivity contribution in [3.8, 4) is 0 Å². The quantitative estimate of drug-likeness (QED) is 0.588. The summed E-state index contributed by atoms with van der Waals surface area (Å²) in [5.74, 6) is 0.632. The van der Waals surface area contributed by atoms with E-state index in [0.717, 1.165) is 32.6 Å². The van der Waals surface area contributed by atoms with E-state index in [9.17, 15) is 0 Å². The first kappa shape index (κ1) is 15.0. The number of nitrogen functional groups attached to an aromatic ring is 1. The molecular weight excluding hydrogens is 250 g/mol. The Morgan fingerprint density at radius 1 is 1.28 bits per heavy atom. The normalized spacial score (nSPS) is 10.9. The zero-order valence-corrected chi connectivity index (χ0v) is 12.1. The number of nitrogens with two attached hydrogens (primary N) is 1. The third kappa shape index (κ3) is 4.31. The van der Waals surface area contributed by atoms with Gasteiger partial charge >= 0.3 is 0 Å². The summed E-state index contributed by atoms with van der Waals surface area (Å²) in [6, 6.07) is 0. The zero-order chi connectivity index (χ0) is 13.5. The minimum Gasteiger partial charge on any atom is -0.394 e. The third-order valence-corrected chi connectivity index (χ3v) is 3.12. The van der Waals surface area contributed by atoms with Crippen LogP contribution in [0.2, 0.25) is 5.28 Å². The lowest BCUT2D eigenvalue weighted by Gasteiger charge is -2.18. The molecule has 0 saturated carbocycles. The number of aromatic nitrogens is 2. The van der Waals surface area contributed by atoms with Crippen LogP contribution in [0.4, 0.5) is 11.5 Å². The molecule has 0 amide bonds. The second kappa shape index (κ2) is 7.38. The number of rotatable bonds is 7. The van der Waals surface area contributed by atoms with E-state index in [1.165, 1.54) is 0 Å². The molecule has 6 heteroatoms. The Labute approximate surface area is 114 Å². The largest absolute Gasteiger partial charge is 0.394 e. The number of halogens is 1. The van der Waals surface area contributed by atoms with Crippen LogP contribution in [0, 0.1) is 6.92 Å². The van der Waals surface area contributed by atoms with E-state index in [1.54, 1.807) is 0 Å². The Kier molecular flexibility index (Phi) is 6.15. The highest BCUT2D eigenvalue weighted by Gasteiger charge is 2.07. The highest BCUT2D eigenvalue weighted by Crippen LogP contribution is 2.20. The summed E-state index contributed by atoms with van der Waals surface area (Å²) in [7, 11) is 0. The second-order valence-corrected chi connectivity index (χ2v) is 4.49. The first-order chi connectivity index (χ1) is 8.58. The molecule has 1 heterocycles. The molecule has 1 aromatic rings. The molecule has 0 aromatic carbocycles. The molecule has 0 bridgehead atoms. The fraction of sp³-hybridized carbons (Fsp3) is 0.667. The fourth-order valence-electron chi connectivity index (χ4n) is 1.73. The molecule has 1 rings (SSSR count). The topological polar surface area (TPSA) is 67.1 Å². The maximum atomic E-state index is 5.89. The standard InChI is InChI=1S/C12H22ClN5/c1-4-18(5-2)8-6-7-15-11-10(14)9(3)16-12(13)17-11/h4-8,14H2,1-3H3,(H,15,16,17). The predicted octanol–water partition coefficient (Wildman–Crippen LogP) is 2.16. The number of nitrogens with zero attached hydrogens (tertiary/aromatic N) is 3. The summed E-state index contributed by atoms with van der Waals surface area (Å²) in [5, 5.41) is 3.44. The predicted molar refractivity (Wildman–Crippen MR) is 77.1 cm³/mol. The van der Waals surface area contributed by atoms with E-state index < -0.39 is 0 Å². The summed E-state index contributed by atoms with van der Waals surface area (Å²) in [6.07, 6.45) is 1.04. The number of nitrogens with one attached hydrogen (secondary N) is 1. The van der Waals surface area contributed by atoms with Gasteiger partial charge in [-0.15, -0.1) is 0 Å². The van der Waals surface area contributed by atoms with E-state index >= 15 is 0 Å². The highest BCUT2D eigenvalue weighted by molar-refractivity contribution is 6.28. The highest BCUT2D eigenvalue weighted by atomic mass is 35.5. The van der Waals surface area contributed by atoms with E-state index in [1.807, 2.05) is 6.92 Å². The molecule has 1 aromatic heterocycles. The van der Waals surface area contributed by atoms with Gasteiger partial charge in [0.15, 0.2) is 5.82 Å². The van der Waals surface area contributed by atoms with E-state index in [2.05, 4.69) is 34.0 Å². The van der Waals surface area contributed by atoms with Crippen molar-refractivity contribution in [2.75, 3.05) is 37.2 Å². The van der Waals surface area contributed by atoms with Crippen molar-refractivity contribution in [1.82, 2.24) is 14.9 Å². The summed E-state index contributed by atoms with van der Waals surface area (Å²) < 4.78 is 0. The molecule has 0 aliphatic carbocycles. The van der Waals surface area contributed by atoms with E-state index in [4.69, 9.17) is 17.3 Å². The molecule has 0 spiro atoms. The minimum absolute atomic E-state index is 0.230. The van der Waals surface area contributed by atoms with Crippen LogP contribution in [0.3, 0.4) is 0 Å². The lowest BCUT2D eigenvalue weighted by molar-refractivity contribution is 0.303. The fourth-order valence-corrected chi connectivity index (χ4v) is 1.94. The molecule has 18 heavy (non-hydrogen) atoms. The van der Waals surface area contributed by atoms with Gasteiger partial charge in [0.1, 0.15) is 0 Å². The summed E-state index contributed by atoms with van der Waals surface area (Å²) in [5.41, 5.74) is 7.17. The van der Waals surface area contributed by atoms with E-state index in [0.29, 0.717) is 17.2 Å². The zero-order valence-electron chi connectivity index (χ0n) is 11.3. The lowest BCUT2D eigenvalue weighted by atomic mass is 10.3. The van der Waals surface area contributed by atoms with Gasteiger partial charge in [0.2, 0.25) is 5.28 Å². The molecule has 0 aliphatic rings. The number of hydrogen-bond donors (Lipinski definition) is 2. The molecule has 0 saturated heterocycles. The smallest absolute Gasteiger partial charge is 0.224 e.